The van der Waals surface area contributed by atoms with Crippen molar-refractivity contribution < 1.29 is 4.79 Å². The molecular weight excluding hydrogens is 224 g/mol. The first-order valence-corrected chi connectivity index (χ1v) is 7.86. The van der Waals surface area contributed by atoms with E-state index < -0.39 is 0 Å². The van der Waals surface area contributed by atoms with Gasteiger partial charge in [0.15, 0.2) is 0 Å². The van der Waals surface area contributed by atoms with Crippen LogP contribution in [0.4, 0.5) is 0 Å². The number of hydrogen-bond donors (Lipinski definition) is 1. The molecule has 1 aliphatic carbocycles. The second kappa shape index (κ2) is 5.60. The number of fused-ring (bicyclic) bond motifs is 2. The van der Waals surface area contributed by atoms with Gasteiger partial charge in [-0.1, -0.05) is 19.3 Å². The lowest BCUT2D eigenvalue weighted by atomic mass is 9.86. The summed E-state index contributed by atoms with van der Waals surface area (Å²) in [5, 5.41) is 3.47. The number of hydrogen-bond acceptors (Lipinski definition) is 2. The van der Waals surface area contributed by atoms with Gasteiger partial charge in [-0.2, -0.15) is 0 Å². The van der Waals surface area contributed by atoms with Crippen molar-refractivity contribution in [3.63, 3.8) is 0 Å². The minimum absolute atomic E-state index is 0.457. The van der Waals surface area contributed by atoms with Crippen molar-refractivity contribution >= 4 is 5.91 Å². The van der Waals surface area contributed by atoms with E-state index in [0.29, 0.717) is 23.9 Å². The van der Waals surface area contributed by atoms with Crippen LogP contribution in [0.3, 0.4) is 0 Å². The molecule has 1 saturated carbocycles. The fraction of sp³-hybridized carbons (Fsp3) is 0.933. The molecule has 3 fully saturated rings. The molecular formula is C15H26N2O. The molecule has 0 aromatic carbocycles. The summed E-state index contributed by atoms with van der Waals surface area (Å²) in [5.74, 6) is 1.14. The molecule has 0 aromatic rings. The van der Waals surface area contributed by atoms with Crippen LogP contribution in [0.5, 0.6) is 0 Å². The Morgan fingerprint density at radius 2 is 1.78 bits per heavy atom. The molecule has 2 atom stereocenters. The minimum Gasteiger partial charge on any atom is -0.335 e. The predicted molar refractivity (Wildman–Crippen MR) is 72.3 cm³/mol. The molecule has 3 rings (SSSR count). The van der Waals surface area contributed by atoms with Gasteiger partial charge in [0.05, 0.1) is 0 Å². The van der Waals surface area contributed by atoms with Crippen LogP contribution in [-0.2, 0) is 4.79 Å². The van der Waals surface area contributed by atoms with Gasteiger partial charge in [-0.15, -0.1) is 0 Å². The number of rotatable bonds is 2. The van der Waals surface area contributed by atoms with Gasteiger partial charge in [0.1, 0.15) is 0 Å². The molecule has 0 spiro atoms. The number of amides is 1. The van der Waals surface area contributed by atoms with E-state index in [1.54, 1.807) is 0 Å². The van der Waals surface area contributed by atoms with Crippen LogP contribution in [-0.4, -0.2) is 36.0 Å². The highest BCUT2D eigenvalue weighted by molar-refractivity contribution is 5.77. The molecule has 1 amide bonds. The largest absolute Gasteiger partial charge is 0.335 e. The Hall–Kier alpha value is -0.570. The smallest absolute Gasteiger partial charge is 0.223 e. The first-order chi connectivity index (χ1) is 8.84. The fourth-order valence-electron chi connectivity index (χ4n) is 4.13. The Bertz CT molecular complexity index is 285. The molecule has 102 valence electrons. The highest BCUT2D eigenvalue weighted by Crippen LogP contribution is 2.32. The molecule has 0 aromatic heterocycles. The molecule has 1 N–H and O–H groups in total. The first-order valence-electron chi connectivity index (χ1n) is 7.86. The number of nitrogens with zero attached hydrogens (tertiary/aromatic N) is 1. The maximum atomic E-state index is 12.6. The average molecular weight is 250 g/mol. The highest BCUT2D eigenvalue weighted by atomic mass is 16.2. The third kappa shape index (κ3) is 2.56. The quantitative estimate of drug-likeness (QED) is 0.815. The van der Waals surface area contributed by atoms with Gasteiger partial charge >= 0.3 is 0 Å². The van der Waals surface area contributed by atoms with Crippen LogP contribution < -0.4 is 5.32 Å². The Morgan fingerprint density at radius 3 is 2.61 bits per heavy atom. The van der Waals surface area contributed by atoms with Crippen LogP contribution in [0, 0.1) is 5.92 Å². The van der Waals surface area contributed by atoms with Crippen molar-refractivity contribution in [3.05, 3.63) is 0 Å². The van der Waals surface area contributed by atoms with Gasteiger partial charge < -0.3 is 10.2 Å². The zero-order chi connectivity index (χ0) is 12.4. The zero-order valence-electron chi connectivity index (χ0n) is 11.4. The van der Waals surface area contributed by atoms with Gasteiger partial charge in [-0.25, -0.2) is 0 Å². The van der Waals surface area contributed by atoms with Crippen LogP contribution in [0.15, 0.2) is 0 Å². The Labute approximate surface area is 110 Å². The molecule has 3 heteroatoms. The normalized spacial score (nSPS) is 33.4. The van der Waals surface area contributed by atoms with Crippen molar-refractivity contribution in [2.75, 3.05) is 13.1 Å². The maximum Gasteiger partial charge on any atom is 0.223 e. The first kappa shape index (κ1) is 12.5. The van der Waals surface area contributed by atoms with E-state index in [1.165, 1.54) is 44.9 Å². The lowest BCUT2D eigenvalue weighted by Gasteiger charge is -2.30. The summed E-state index contributed by atoms with van der Waals surface area (Å²) in [6.45, 7) is 2.11. The summed E-state index contributed by atoms with van der Waals surface area (Å²) in [6, 6.07) is 1.04. The van der Waals surface area contributed by atoms with E-state index in [4.69, 9.17) is 0 Å². The predicted octanol–water partition coefficient (Wildman–Crippen LogP) is 2.31. The van der Waals surface area contributed by atoms with E-state index in [2.05, 4.69) is 10.2 Å². The molecule has 2 bridgehead atoms. The van der Waals surface area contributed by atoms with E-state index in [1.807, 2.05) is 0 Å². The van der Waals surface area contributed by atoms with E-state index in [9.17, 15) is 4.79 Å². The second-order valence-corrected chi connectivity index (χ2v) is 6.39. The van der Waals surface area contributed by atoms with E-state index >= 15 is 0 Å². The number of carbonyl (C=O) groups excluding carboxylic acids is 1. The van der Waals surface area contributed by atoms with Crippen molar-refractivity contribution in [2.45, 2.75) is 69.9 Å². The van der Waals surface area contributed by atoms with Crippen molar-refractivity contribution in [1.82, 2.24) is 10.2 Å². The minimum atomic E-state index is 0.457. The lowest BCUT2D eigenvalue weighted by molar-refractivity contribution is -0.135. The molecule has 2 heterocycles. The highest BCUT2D eigenvalue weighted by Gasteiger charge is 2.38. The summed E-state index contributed by atoms with van der Waals surface area (Å²) < 4.78 is 0. The third-order valence-corrected chi connectivity index (χ3v) is 5.13. The monoisotopic (exact) mass is 250 g/mol. The van der Waals surface area contributed by atoms with Gasteiger partial charge in [0.25, 0.3) is 0 Å². The van der Waals surface area contributed by atoms with Gasteiger partial charge in [-0.3, -0.25) is 4.79 Å². The topological polar surface area (TPSA) is 32.3 Å². The molecule has 18 heavy (non-hydrogen) atoms. The molecule has 2 saturated heterocycles. The Kier molecular flexibility index (Phi) is 3.88. The lowest BCUT2D eigenvalue weighted by Crippen LogP contribution is -2.43. The molecule has 2 aliphatic heterocycles. The summed E-state index contributed by atoms with van der Waals surface area (Å²) in [7, 11) is 0. The van der Waals surface area contributed by atoms with Gasteiger partial charge in [0.2, 0.25) is 5.91 Å². The standard InChI is InChI=1S/C15H26N2O/c18-15(10-12-4-2-1-3-5-12)17-13-6-7-14(17)11-16-9-8-13/h12-14,16H,1-11H2. The fourth-order valence-corrected chi connectivity index (χ4v) is 4.13. The molecule has 3 nitrogen and oxygen atoms in total. The van der Waals surface area contributed by atoms with Crippen LogP contribution >= 0.6 is 0 Å². The van der Waals surface area contributed by atoms with Crippen LogP contribution in [0.25, 0.3) is 0 Å². The Morgan fingerprint density at radius 1 is 1.00 bits per heavy atom. The van der Waals surface area contributed by atoms with Crippen LogP contribution in [0.2, 0.25) is 0 Å². The molecule has 0 radical (unpaired) electrons. The van der Waals surface area contributed by atoms with Crippen molar-refractivity contribution in [2.24, 2.45) is 5.92 Å². The molecule has 3 aliphatic rings. The summed E-state index contributed by atoms with van der Waals surface area (Å²) in [4.78, 5) is 14.8. The maximum absolute atomic E-state index is 12.6. The summed E-state index contributed by atoms with van der Waals surface area (Å²) >= 11 is 0. The summed E-state index contributed by atoms with van der Waals surface area (Å²) in [6.07, 6.45) is 11.1. The van der Waals surface area contributed by atoms with Gasteiger partial charge in [0, 0.05) is 25.0 Å². The average Bonchev–Trinajstić information content (AvgIpc) is 2.64. The van der Waals surface area contributed by atoms with Crippen LogP contribution in [0.1, 0.15) is 57.8 Å². The van der Waals surface area contributed by atoms with Crippen molar-refractivity contribution in [1.29, 1.82) is 0 Å². The number of carbonyl (C=O) groups is 1. The summed E-state index contributed by atoms with van der Waals surface area (Å²) in [5.41, 5.74) is 0. The Balaban J connectivity index is 1.60. The SMILES string of the molecule is O=C(CC1CCCCC1)N1C2CCNCC1CC2. The zero-order valence-corrected chi connectivity index (χ0v) is 11.4. The second-order valence-electron chi connectivity index (χ2n) is 6.39. The van der Waals surface area contributed by atoms with Crippen molar-refractivity contribution in [3.8, 4) is 0 Å². The number of nitrogens with one attached hydrogen (secondary N) is 1. The third-order valence-electron chi connectivity index (χ3n) is 5.13. The molecule has 2 unspecified atom stereocenters. The van der Waals surface area contributed by atoms with E-state index in [-0.39, 0.29) is 0 Å². The van der Waals surface area contributed by atoms with Gasteiger partial charge in [-0.05, 0) is 44.6 Å². The van der Waals surface area contributed by atoms with E-state index in [0.717, 1.165) is 25.9 Å².